The van der Waals surface area contributed by atoms with Crippen molar-refractivity contribution in [1.29, 1.82) is 0 Å². The Labute approximate surface area is 129 Å². The molecule has 1 unspecified atom stereocenters. The van der Waals surface area contributed by atoms with Crippen molar-refractivity contribution in [3.8, 4) is 0 Å². The van der Waals surface area contributed by atoms with E-state index in [-0.39, 0.29) is 11.9 Å². The van der Waals surface area contributed by atoms with Gasteiger partial charge in [-0.1, -0.05) is 45.2 Å². The smallest absolute Gasteiger partial charge is 0.123 e. The summed E-state index contributed by atoms with van der Waals surface area (Å²) in [5.41, 5.74) is 7.80. The highest BCUT2D eigenvalue weighted by Gasteiger charge is 2.12. The van der Waals surface area contributed by atoms with Crippen LogP contribution in [0.3, 0.4) is 0 Å². The fourth-order valence-corrected chi connectivity index (χ4v) is 2.69. The molecule has 2 aromatic rings. The van der Waals surface area contributed by atoms with E-state index in [9.17, 15) is 4.39 Å². The second-order valence-corrected chi connectivity index (χ2v) is 5.89. The van der Waals surface area contributed by atoms with E-state index >= 15 is 0 Å². The molecule has 0 aliphatic carbocycles. The summed E-state index contributed by atoms with van der Waals surface area (Å²) in [4.78, 5) is 0. The van der Waals surface area contributed by atoms with Gasteiger partial charge in [-0.3, -0.25) is 0 Å². The maximum Gasteiger partial charge on any atom is 0.123 e. The fraction of sp³-hybridized carbons (Fsp3) is 0.143. The first-order valence-corrected chi connectivity index (χ1v) is 7.16. The SMILES string of the molecule is NC(Cc1ccc(Cl)c(Cl)c1)c1cc(F)ccc1Br. The monoisotopic (exact) mass is 361 g/mol. The van der Waals surface area contributed by atoms with E-state index in [4.69, 9.17) is 28.9 Å². The average Bonchev–Trinajstić information content (AvgIpc) is 2.36. The first kappa shape index (κ1) is 14.8. The van der Waals surface area contributed by atoms with E-state index in [2.05, 4.69) is 15.9 Å². The third-order valence-electron chi connectivity index (χ3n) is 2.80. The second kappa shape index (κ2) is 6.23. The lowest BCUT2D eigenvalue weighted by molar-refractivity contribution is 0.617. The molecular weight excluding hydrogens is 352 g/mol. The van der Waals surface area contributed by atoms with Crippen LogP contribution in [0.15, 0.2) is 40.9 Å². The average molecular weight is 363 g/mol. The van der Waals surface area contributed by atoms with Crippen LogP contribution in [0.4, 0.5) is 4.39 Å². The maximum absolute atomic E-state index is 13.2. The third kappa shape index (κ3) is 3.69. The fourth-order valence-electron chi connectivity index (χ4n) is 1.83. The molecule has 0 fully saturated rings. The van der Waals surface area contributed by atoms with Gasteiger partial charge in [0.15, 0.2) is 0 Å². The Morgan fingerprint density at radius 2 is 1.84 bits per heavy atom. The van der Waals surface area contributed by atoms with Gasteiger partial charge < -0.3 is 5.73 Å². The normalized spacial score (nSPS) is 12.5. The third-order valence-corrected chi connectivity index (χ3v) is 4.26. The van der Waals surface area contributed by atoms with Gasteiger partial charge in [0.05, 0.1) is 10.0 Å². The van der Waals surface area contributed by atoms with Crippen LogP contribution in [0.25, 0.3) is 0 Å². The van der Waals surface area contributed by atoms with E-state index in [0.29, 0.717) is 16.5 Å². The van der Waals surface area contributed by atoms with Crippen molar-refractivity contribution in [3.63, 3.8) is 0 Å². The Hall–Kier alpha value is -0.610. The molecule has 1 atom stereocenters. The van der Waals surface area contributed by atoms with Crippen LogP contribution in [0.1, 0.15) is 17.2 Å². The van der Waals surface area contributed by atoms with Crippen LogP contribution >= 0.6 is 39.1 Å². The van der Waals surface area contributed by atoms with E-state index in [1.54, 1.807) is 18.2 Å². The summed E-state index contributed by atoms with van der Waals surface area (Å²) in [7, 11) is 0. The largest absolute Gasteiger partial charge is 0.324 e. The van der Waals surface area contributed by atoms with Gasteiger partial charge >= 0.3 is 0 Å². The van der Waals surface area contributed by atoms with Crippen LogP contribution in [-0.2, 0) is 6.42 Å². The second-order valence-electron chi connectivity index (χ2n) is 4.22. The molecule has 19 heavy (non-hydrogen) atoms. The molecule has 2 aromatic carbocycles. The van der Waals surface area contributed by atoms with Gasteiger partial charge in [-0.25, -0.2) is 4.39 Å². The lowest BCUT2D eigenvalue weighted by Gasteiger charge is -2.14. The zero-order valence-corrected chi connectivity index (χ0v) is 12.9. The first-order valence-electron chi connectivity index (χ1n) is 5.62. The molecule has 0 aliphatic heterocycles. The number of hydrogen-bond donors (Lipinski definition) is 1. The minimum Gasteiger partial charge on any atom is -0.324 e. The summed E-state index contributed by atoms with van der Waals surface area (Å²) in [5, 5.41) is 0.996. The van der Waals surface area contributed by atoms with Crippen LogP contribution in [-0.4, -0.2) is 0 Å². The Morgan fingerprint density at radius 1 is 1.11 bits per heavy atom. The van der Waals surface area contributed by atoms with Gasteiger partial charge in [-0.05, 0) is 47.9 Å². The van der Waals surface area contributed by atoms with Crippen LogP contribution < -0.4 is 5.73 Å². The minimum atomic E-state index is -0.317. The summed E-state index contributed by atoms with van der Waals surface area (Å²) in [6.07, 6.45) is 0.555. The van der Waals surface area contributed by atoms with Crippen molar-refractivity contribution >= 4 is 39.1 Å². The lowest BCUT2D eigenvalue weighted by atomic mass is 10.00. The van der Waals surface area contributed by atoms with Gasteiger partial charge in [-0.15, -0.1) is 0 Å². The number of rotatable bonds is 3. The van der Waals surface area contributed by atoms with Crippen molar-refractivity contribution in [1.82, 2.24) is 0 Å². The molecule has 0 saturated heterocycles. The van der Waals surface area contributed by atoms with Gasteiger partial charge in [0.2, 0.25) is 0 Å². The summed E-state index contributed by atoms with van der Waals surface area (Å²) in [5.74, 6) is -0.303. The van der Waals surface area contributed by atoms with Crippen molar-refractivity contribution in [3.05, 3.63) is 67.9 Å². The molecule has 0 radical (unpaired) electrons. The molecule has 0 aromatic heterocycles. The zero-order valence-electron chi connectivity index (χ0n) is 9.84. The Morgan fingerprint density at radius 3 is 2.53 bits per heavy atom. The van der Waals surface area contributed by atoms with Gasteiger partial charge in [0, 0.05) is 10.5 Å². The van der Waals surface area contributed by atoms with E-state index in [1.165, 1.54) is 12.1 Å². The summed E-state index contributed by atoms with van der Waals surface area (Å²) in [6.45, 7) is 0. The summed E-state index contributed by atoms with van der Waals surface area (Å²) in [6, 6.07) is 9.53. The first-order chi connectivity index (χ1) is 8.97. The predicted molar refractivity (Wildman–Crippen MR) is 81.2 cm³/mol. The van der Waals surface area contributed by atoms with E-state index in [0.717, 1.165) is 15.6 Å². The maximum atomic E-state index is 13.2. The summed E-state index contributed by atoms with van der Waals surface area (Å²) < 4.78 is 14.0. The molecule has 0 spiro atoms. The molecule has 1 nitrogen and oxygen atoms in total. The predicted octanol–water partition coefficient (Wildman–Crippen LogP) is 5.14. The minimum absolute atomic E-state index is 0.303. The lowest BCUT2D eigenvalue weighted by Crippen LogP contribution is -2.14. The van der Waals surface area contributed by atoms with Crippen molar-refractivity contribution in [2.24, 2.45) is 5.73 Å². The van der Waals surface area contributed by atoms with Crippen LogP contribution in [0, 0.1) is 5.82 Å². The molecule has 2 N–H and O–H groups in total. The van der Waals surface area contributed by atoms with E-state index in [1.807, 2.05) is 6.07 Å². The van der Waals surface area contributed by atoms with Crippen molar-refractivity contribution in [2.45, 2.75) is 12.5 Å². The number of benzene rings is 2. The van der Waals surface area contributed by atoms with Crippen LogP contribution in [0.2, 0.25) is 10.0 Å². The van der Waals surface area contributed by atoms with Crippen molar-refractivity contribution < 1.29 is 4.39 Å². The highest BCUT2D eigenvalue weighted by Crippen LogP contribution is 2.28. The Kier molecular flexibility index (Phi) is 4.85. The van der Waals surface area contributed by atoms with Gasteiger partial charge in [-0.2, -0.15) is 0 Å². The molecule has 5 heteroatoms. The number of hydrogen-bond acceptors (Lipinski definition) is 1. The molecule has 0 bridgehead atoms. The zero-order chi connectivity index (χ0) is 14.0. The highest BCUT2D eigenvalue weighted by atomic mass is 79.9. The van der Waals surface area contributed by atoms with E-state index < -0.39 is 0 Å². The van der Waals surface area contributed by atoms with Gasteiger partial charge in [0.25, 0.3) is 0 Å². The Bertz CT molecular complexity index is 604. The standard InChI is InChI=1S/C14H11BrCl2FN/c15-11-3-2-9(18)7-10(11)14(19)6-8-1-4-12(16)13(17)5-8/h1-5,7,14H,6,19H2. The molecular formula is C14H11BrCl2FN. The molecule has 100 valence electrons. The molecule has 0 aliphatic rings. The summed E-state index contributed by atoms with van der Waals surface area (Å²) >= 11 is 15.2. The molecule has 2 rings (SSSR count). The molecule has 0 saturated carbocycles. The van der Waals surface area contributed by atoms with Crippen LogP contribution in [0.5, 0.6) is 0 Å². The number of nitrogens with two attached hydrogens (primary N) is 1. The quantitative estimate of drug-likeness (QED) is 0.803. The molecule has 0 heterocycles. The van der Waals surface area contributed by atoms with Gasteiger partial charge in [0.1, 0.15) is 5.82 Å². The Balaban J connectivity index is 2.22. The highest BCUT2D eigenvalue weighted by molar-refractivity contribution is 9.10. The number of halogens is 4. The van der Waals surface area contributed by atoms with Crippen molar-refractivity contribution in [2.75, 3.05) is 0 Å². The topological polar surface area (TPSA) is 26.0 Å². The molecule has 0 amide bonds.